The number of fused-ring (bicyclic) bond motifs is 1. The van der Waals surface area contributed by atoms with Crippen LogP contribution in [-0.4, -0.2) is 24.4 Å². The van der Waals surface area contributed by atoms with Crippen LogP contribution in [0.3, 0.4) is 0 Å². The molecule has 8 nitrogen and oxygen atoms in total. The van der Waals surface area contributed by atoms with Crippen molar-refractivity contribution in [2.24, 2.45) is 5.14 Å². The molecule has 0 aliphatic heterocycles. The Morgan fingerprint density at radius 1 is 1.11 bits per heavy atom. The number of hydrogen-bond acceptors (Lipinski definition) is 6. The van der Waals surface area contributed by atoms with E-state index in [4.69, 9.17) is 9.88 Å². The second-order valence-electron chi connectivity index (χ2n) is 5.88. The number of primary sulfonamides is 1. The van der Waals surface area contributed by atoms with E-state index in [1.807, 2.05) is 0 Å². The van der Waals surface area contributed by atoms with Crippen LogP contribution in [-0.2, 0) is 32.6 Å². The molecule has 0 bridgehead atoms. The normalized spacial score (nSPS) is 11.4. The first-order valence-electron chi connectivity index (χ1n) is 8.08. The molecule has 0 saturated heterocycles. The summed E-state index contributed by atoms with van der Waals surface area (Å²) in [6, 6.07) is 12.9. The van der Waals surface area contributed by atoms with Crippen LogP contribution >= 0.6 is 0 Å². The molecule has 0 atom stereocenters. The maximum atomic E-state index is 12.0. The van der Waals surface area contributed by atoms with Gasteiger partial charge in [-0.2, -0.15) is 0 Å². The number of rotatable bonds is 6. The average molecular weight is 387 g/mol. The number of carbonyl (C=O) groups is 1. The van der Waals surface area contributed by atoms with Crippen LogP contribution in [0, 0.1) is 0 Å². The third-order valence-electron chi connectivity index (χ3n) is 3.90. The van der Waals surface area contributed by atoms with Gasteiger partial charge in [-0.05, 0) is 36.2 Å². The van der Waals surface area contributed by atoms with Crippen LogP contribution in [0.4, 0.5) is 0 Å². The van der Waals surface area contributed by atoms with Crippen molar-refractivity contribution in [1.82, 2.24) is 9.97 Å². The van der Waals surface area contributed by atoms with Gasteiger partial charge in [-0.15, -0.1) is 0 Å². The standard InChI is InChI=1S/C18H17N3O5S/c19-27(24,25)13-8-5-12(6-9-13)7-10-17(22)26-11-16-20-15-4-2-1-3-14(15)18(23)21-16/h1-6,8-9H,7,10-11H2,(H2,19,24,25)(H,20,21,23). The van der Waals surface area contributed by atoms with E-state index in [0.29, 0.717) is 17.3 Å². The van der Waals surface area contributed by atoms with Crippen molar-refractivity contribution in [3.63, 3.8) is 0 Å². The molecule has 2 aromatic carbocycles. The lowest BCUT2D eigenvalue weighted by atomic mass is 10.1. The summed E-state index contributed by atoms with van der Waals surface area (Å²) in [5.74, 6) is -0.189. The van der Waals surface area contributed by atoms with E-state index in [1.54, 1.807) is 36.4 Å². The molecule has 9 heteroatoms. The molecule has 140 valence electrons. The molecule has 0 spiro atoms. The van der Waals surface area contributed by atoms with Gasteiger partial charge in [0.1, 0.15) is 12.4 Å². The molecular formula is C18H17N3O5S. The fraction of sp³-hybridized carbons (Fsp3) is 0.167. The first-order chi connectivity index (χ1) is 12.8. The van der Waals surface area contributed by atoms with Gasteiger partial charge in [0.15, 0.2) is 0 Å². The number of aryl methyl sites for hydroxylation is 1. The van der Waals surface area contributed by atoms with Gasteiger partial charge < -0.3 is 9.72 Å². The topological polar surface area (TPSA) is 132 Å². The lowest BCUT2D eigenvalue weighted by Gasteiger charge is -2.06. The number of esters is 1. The average Bonchev–Trinajstić information content (AvgIpc) is 2.64. The molecule has 1 heterocycles. The summed E-state index contributed by atoms with van der Waals surface area (Å²) in [6.45, 7) is -0.136. The molecule has 0 amide bonds. The van der Waals surface area contributed by atoms with Crippen molar-refractivity contribution in [2.75, 3.05) is 0 Å². The number of ether oxygens (including phenoxy) is 1. The van der Waals surface area contributed by atoms with Crippen molar-refractivity contribution in [1.29, 1.82) is 0 Å². The summed E-state index contributed by atoms with van der Waals surface area (Å²) >= 11 is 0. The number of hydrogen-bond donors (Lipinski definition) is 2. The lowest BCUT2D eigenvalue weighted by Crippen LogP contribution is -2.14. The van der Waals surface area contributed by atoms with E-state index in [1.165, 1.54) is 12.1 Å². The first kappa shape index (κ1) is 18.7. The fourth-order valence-electron chi connectivity index (χ4n) is 2.52. The second-order valence-corrected chi connectivity index (χ2v) is 7.44. The van der Waals surface area contributed by atoms with E-state index in [9.17, 15) is 18.0 Å². The van der Waals surface area contributed by atoms with Crippen molar-refractivity contribution in [2.45, 2.75) is 24.3 Å². The molecule has 3 aromatic rings. The Hall–Kier alpha value is -3.04. The number of benzene rings is 2. The maximum Gasteiger partial charge on any atom is 0.306 e. The minimum absolute atomic E-state index is 0.0140. The van der Waals surface area contributed by atoms with E-state index >= 15 is 0 Å². The van der Waals surface area contributed by atoms with E-state index in [2.05, 4.69) is 9.97 Å². The van der Waals surface area contributed by atoms with Crippen molar-refractivity contribution >= 4 is 26.9 Å². The zero-order valence-corrected chi connectivity index (χ0v) is 15.0. The van der Waals surface area contributed by atoms with E-state index < -0.39 is 16.0 Å². The van der Waals surface area contributed by atoms with E-state index in [0.717, 1.165) is 5.56 Å². The molecule has 0 unspecified atom stereocenters. The van der Waals surface area contributed by atoms with Crippen LogP contribution in [0.1, 0.15) is 17.8 Å². The number of H-pyrrole nitrogens is 1. The number of para-hydroxylation sites is 1. The minimum Gasteiger partial charge on any atom is -0.458 e. The van der Waals surface area contributed by atoms with Crippen LogP contribution in [0.2, 0.25) is 0 Å². The predicted octanol–water partition coefficient (Wildman–Crippen LogP) is 1.25. The molecule has 0 radical (unpaired) electrons. The molecule has 0 fully saturated rings. The zero-order chi connectivity index (χ0) is 19.4. The van der Waals surface area contributed by atoms with Crippen LogP contribution in [0.15, 0.2) is 58.2 Å². The smallest absolute Gasteiger partial charge is 0.306 e. The Kier molecular flexibility index (Phi) is 5.33. The molecule has 27 heavy (non-hydrogen) atoms. The molecule has 3 rings (SSSR count). The molecule has 0 saturated carbocycles. The summed E-state index contributed by atoms with van der Waals surface area (Å²) in [4.78, 5) is 30.7. The van der Waals surface area contributed by atoms with Crippen molar-refractivity contribution < 1.29 is 17.9 Å². The molecule has 0 aliphatic carbocycles. The Morgan fingerprint density at radius 3 is 2.52 bits per heavy atom. The number of aromatic nitrogens is 2. The quantitative estimate of drug-likeness (QED) is 0.612. The number of nitrogens with one attached hydrogen (secondary N) is 1. The number of carbonyl (C=O) groups excluding carboxylic acids is 1. The van der Waals surface area contributed by atoms with Gasteiger partial charge in [0, 0.05) is 6.42 Å². The number of sulfonamides is 1. The van der Waals surface area contributed by atoms with Crippen LogP contribution < -0.4 is 10.7 Å². The van der Waals surface area contributed by atoms with Gasteiger partial charge in [-0.1, -0.05) is 24.3 Å². The lowest BCUT2D eigenvalue weighted by molar-refractivity contribution is -0.145. The van der Waals surface area contributed by atoms with Gasteiger partial charge >= 0.3 is 5.97 Å². The highest BCUT2D eigenvalue weighted by Gasteiger charge is 2.09. The molecule has 0 aliphatic rings. The monoisotopic (exact) mass is 387 g/mol. The Bertz CT molecular complexity index is 1140. The number of nitrogens with two attached hydrogens (primary N) is 1. The van der Waals surface area contributed by atoms with Crippen molar-refractivity contribution in [3.05, 3.63) is 70.3 Å². The Balaban J connectivity index is 1.56. The number of aromatic amines is 1. The molecule has 1 aromatic heterocycles. The van der Waals surface area contributed by atoms with Gasteiger partial charge in [-0.25, -0.2) is 18.5 Å². The zero-order valence-electron chi connectivity index (χ0n) is 14.2. The largest absolute Gasteiger partial charge is 0.458 e. The van der Waals surface area contributed by atoms with Gasteiger partial charge in [0.05, 0.1) is 15.8 Å². The third kappa shape index (κ3) is 4.78. The highest BCUT2D eigenvalue weighted by Crippen LogP contribution is 2.11. The molecular weight excluding hydrogens is 370 g/mol. The Morgan fingerprint density at radius 2 is 1.81 bits per heavy atom. The minimum atomic E-state index is -3.74. The SMILES string of the molecule is NS(=O)(=O)c1ccc(CCC(=O)OCc2nc3ccccc3c(=O)[nH]2)cc1. The summed E-state index contributed by atoms with van der Waals surface area (Å²) < 4.78 is 27.6. The highest BCUT2D eigenvalue weighted by atomic mass is 32.2. The van der Waals surface area contributed by atoms with Crippen LogP contribution in [0.25, 0.3) is 10.9 Å². The summed E-state index contributed by atoms with van der Waals surface area (Å²) in [7, 11) is -3.74. The summed E-state index contributed by atoms with van der Waals surface area (Å²) in [5.41, 5.74) is 1.01. The summed E-state index contributed by atoms with van der Waals surface area (Å²) in [6.07, 6.45) is 0.484. The maximum absolute atomic E-state index is 12.0. The summed E-state index contributed by atoms with van der Waals surface area (Å²) in [5, 5.41) is 5.50. The Labute approximate surface area is 155 Å². The van der Waals surface area contributed by atoms with Gasteiger partial charge in [-0.3, -0.25) is 9.59 Å². The van der Waals surface area contributed by atoms with Crippen molar-refractivity contribution in [3.8, 4) is 0 Å². The van der Waals surface area contributed by atoms with Gasteiger partial charge in [0.25, 0.3) is 5.56 Å². The van der Waals surface area contributed by atoms with E-state index in [-0.39, 0.29) is 29.3 Å². The van der Waals surface area contributed by atoms with Crippen LogP contribution in [0.5, 0.6) is 0 Å². The second kappa shape index (κ2) is 7.68. The first-order valence-corrected chi connectivity index (χ1v) is 9.63. The van der Waals surface area contributed by atoms with Gasteiger partial charge in [0.2, 0.25) is 10.0 Å². The third-order valence-corrected chi connectivity index (χ3v) is 4.83. The predicted molar refractivity (Wildman–Crippen MR) is 98.3 cm³/mol. The highest BCUT2D eigenvalue weighted by molar-refractivity contribution is 7.89. The number of nitrogens with zero attached hydrogens (tertiary/aromatic N) is 1. The molecule has 3 N–H and O–H groups in total. The fourth-order valence-corrected chi connectivity index (χ4v) is 3.03.